The summed E-state index contributed by atoms with van der Waals surface area (Å²) >= 11 is 6.11. The van der Waals surface area contributed by atoms with Gasteiger partial charge in [-0.2, -0.15) is 5.10 Å². The van der Waals surface area contributed by atoms with E-state index in [1.165, 1.54) is 6.07 Å². The fourth-order valence-electron chi connectivity index (χ4n) is 2.17. The first kappa shape index (κ1) is 15.2. The lowest BCUT2D eigenvalue weighted by molar-refractivity contribution is 0.102. The van der Waals surface area contributed by atoms with E-state index < -0.39 is 11.7 Å². The minimum Gasteiger partial charge on any atom is -0.318 e. The van der Waals surface area contributed by atoms with E-state index in [0.29, 0.717) is 16.3 Å². The number of carbonyl (C=O) groups excluding carboxylic acids is 1. The molecule has 1 amide bonds. The highest BCUT2D eigenvalue weighted by molar-refractivity contribution is 6.33. The molecule has 0 aliphatic rings. The summed E-state index contributed by atoms with van der Waals surface area (Å²) in [5.74, 6) is -0.963. The van der Waals surface area contributed by atoms with Crippen LogP contribution in [0.4, 0.5) is 10.1 Å². The number of aryl methyl sites for hydroxylation is 1. The molecule has 4 nitrogen and oxygen atoms in total. The number of carbonyl (C=O) groups is 1. The summed E-state index contributed by atoms with van der Waals surface area (Å²) in [4.78, 5) is 12.2. The van der Waals surface area contributed by atoms with Crippen LogP contribution in [-0.4, -0.2) is 16.1 Å². The number of aromatic nitrogens is 2. The van der Waals surface area contributed by atoms with Gasteiger partial charge in [-0.25, -0.2) is 4.39 Å². The van der Waals surface area contributed by atoms with E-state index in [1.807, 2.05) is 19.1 Å². The van der Waals surface area contributed by atoms with Crippen molar-refractivity contribution in [1.82, 2.24) is 10.2 Å². The van der Waals surface area contributed by atoms with E-state index in [2.05, 4.69) is 15.5 Å². The second-order valence-corrected chi connectivity index (χ2v) is 5.49. The van der Waals surface area contributed by atoms with Gasteiger partial charge in [0.2, 0.25) is 0 Å². The summed E-state index contributed by atoms with van der Waals surface area (Å²) in [5.41, 5.74) is 2.46. The first-order chi connectivity index (χ1) is 11.0. The van der Waals surface area contributed by atoms with Crippen molar-refractivity contribution in [1.29, 1.82) is 0 Å². The van der Waals surface area contributed by atoms with Gasteiger partial charge in [0, 0.05) is 5.56 Å². The van der Waals surface area contributed by atoms with Crippen LogP contribution in [0.2, 0.25) is 5.02 Å². The second kappa shape index (κ2) is 6.22. The molecule has 0 aliphatic carbocycles. The standard InChI is InChI=1S/C17H13ClFN3O/c1-10-6-7-13(19)15(8-10)20-17(23)16-9-14(21-22-16)11-4-2-3-5-12(11)18/h2-9H,1H3,(H,20,23)(H,21,22). The number of amides is 1. The Hall–Kier alpha value is -2.66. The molecule has 0 saturated heterocycles. The molecule has 0 atom stereocenters. The Morgan fingerprint density at radius 2 is 2.00 bits per heavy atom. The number of rotatable bonds is 3. The Labute approximate surface area is 137 Å². The number of benzene rings is 2. The zero-order chi connectivity index (χ0) is 16.4. The van der Waals surface area contributed by atoms with Gasteiger partial charge in [-0.1, -0.05) is 35.9 Å². The molecule has 0 fully saturated rings. The van der Waals surface area contributed by atoms with Crippen LogP contribution >= 0.6 is 11.6 Å². The quantitative estimate of drug-likeness (QED) is 0.746. The van der Waals surface area contributed by atoms with Crippen molar-refractivity contribution in [3.05, 3.63) is 70.6 Å². The van der Waals surface area contributed by atoms with Gasteiger partial charge in [-0.15, -0.1) is 0 Å². The van der Waals surface area contributed by atoms with E-state index >= 15 is 0 Å². The van der Waals surface area contributed by atoms with Crippen molar-refractivity contribution >= 4 is 23.2 Å². The number of hydrogen-bond donors (Lipinski definition) is 2. The highest BCUT2D eigenvalue weighted by Crippen LogP contribution is 2.26. The van der Waals surface area contributed by atoms with Crippen molar-refractivity contribution in [3.8, 4) is 11.3 Å². The number of aromatic amines is 1. The van der Waals surface area contributed by atoms with Crippen molar-refractivity contribution in [2.75, 3.05) is 5.32 Å². The summed E-state index contributed by atoms with van der Waals surface area (Å²) in [5, 5.41) is 9.79. The number of anilines is 1. The van der Waals surface area contributed by atoms with Crippen molar-refractivity contribution in [2.24, 2.45) is 0 Å². The van der Waals surface area contributed by atoms with Crippen LogP contribution in [0.5, 0.6) is 0 Å². The highest BCUT2D eigenvalue weighted by Gasteiger charge is 2.14. The SMILES string of the molecule is Cc1ccc(F)c(NC(=O)c2cc(-c3ccccc3Cl)n[nH]2)c1. The third-order valence-corrected chi connectivity index (χ3v) is 3.67. The summed E-state index contributed by atoms with van der Waals surface area (Å²) in [7, 11) is 0. The topological polar surface area (TPSA) is 57.8 Å². The zero-order valence-electron chi connectivity index (χ0n) is 12.2. The van der Waals surface area contributed by atoms with Gasteiger partial charge in [-0.3, -0.25) is 9.89 Å². The van der Waals surface area contributed by atoms with E-state index in [0.717, 1.165) is 5.56 Å². The predicted molar refractivity (Wildman–Crippen MR) is 88.1 cm³/mol. The van der Waals surface area contributed by atoms with Crippen LogP contribution in [0.3, 0.4) is 0 Å². The molecule has 0 bridgehead atoms. The molecule has 0 saturated carbocycles. The van der Waals surface area contributed by atoms with Crippen LogP contribution < -0.4 is 5.32 Å². The first-order valence-corrected chi connectivity index (χ1v) is 7.30. The van der Waals surface area contributed by atoms with Crippen LogP contribution in [-0.2, 0) is 0 Å². The van der Waals surface area contributed by atoms with Gasteiger partial charge in [-0.05, 0) is 36.8 Å². The molecular formula is C17H13ClFN3O. The van der Waals surface area contributed by atoms with Gasteiger partial charge in [0.05, 0.1) is 16.4 Å². The molecule has 0 spiro atoms. The third-order valence-electron chi connectivity index (χ3n) is 3.34. The third kappa shape index (κ3) is 3.24. The number of halogens is 2. The van der Waals surface area contributed by atoms with Gasteiger partial charge < -0.3 is 5.32 Å². The first-order valence-electron chi connectivity index (χ1n) is 6.92. The molecule has 3 aromatic rings. The van der Waals surface area contributed by atoms with E-state index in [9.17, 15) is 9.18 Å². The molecule has 3 rings (SSSR count). The summed E-state index contributed by atoms with van der Waals surface area (Å²) in [6.07, 6.45) is 0. The Morgan fingerprint density at radius 3 is 2.78 bits per heavy atom. The lowest BCUT2D eigenvalue weighted by Gasteiger charge is -2.05. The van der Waals surface area contributed by atoms with Crippen molar-refractivity contribution < 1.29 is 9.18 Å². The Morgan fingerprint density at radius 1 is 1.22 bits per heavy atom. The predicted octanol–water partition coefficient (Wildman–Crippen LogP) is 4.43. The maximum Gasteiger partial charge on any atom is 0.273 e. The summed E-state index contributed by atoms with van der Waals surface area (Å²) in [6, 6.07) is 13.3. The fourth-order valence-corrected chi connectivity index (χ4v) is 2.40. The van der Waals surface area contributed by atoms with Crippen molar-refractivity contribution in [2.45, 2.75) is 6.92 Å². The molecule has 0 radical (unpaired) electrons. The zero-order valence-corrected chi connectivity index (χ0v) is 13.0. The maximum absolute atomic E-state index is 13.7. The van der Waals surface area contributed by atoms with Crippen LogP contribution in [0, 0.1) is 12.7 Å². The second-order valence-electron chi connectivity index (χ2n) is 5.08. The molecule has 6 heteroatoms. The smallest absolute Gasteiger partial charge is 0.273 e. The Bertz CT molecular complexity index is 876. The van der Waals surface area contributed by atoms with Gasteiger partial charge in [0.15, 0.2) is 0 Å². The normalized spacial score (nSPS) is 10.6. The lowest BCUT2D eigenvalue weighted by atomic mass is 10.1. The van der Waals surface area contributed by atoms with Crippen LogP contribution in [0.25, 0.3) is 11.3 Å². The number of nitrogens with one attached hydrogen (secondary N) is 2. The highest BCUT2D eigenvalue weighted by atomic mass is 35.5. The largest absolute Gasteiger partial charge is 0.318 e. The average Bonchev–Trinajstić information content (AvgIpc) is 3.01. The minimum atomic E-state index is -0.491. The van der Waals surface area contributed by atoms with Gasteiger partial charge in [0.25, 0.3) is 5.91 Å². The lowest BCUT2D eigenvalue weighted by Crippen LogP contribution is -2.13. The van der Waals surface area contributed by atoms with E-state index in [4.69, 9.17) is 11.6 Å². The Balaban J connectivity index is 1.84. The summed E-state index contributed by atoms with van der Waals surface area (Å²) < 4.78 is 13.7. The van der Waals surface area contributed by atoms with Gasteiger partial charge in [0.1, 0.15) is 11.5 Å². The number of H-pyrrole nitrogens is 1. The van der Waals surface area contributed by atoms with E-state index in [-0.39, 0.29) is 11.4 Å². The fraction of sp³-hybridized carbons (Fsp3) is 0.0588. The molecule has 2 aromatic carbocycles. The molecular weight excluding hydrogens is 317 g/mol. The van der Waals surface area contributed by atoms with Gasteiger partial charge >= 0.3 is 0 Å². The van der Waals surface area contributed by atoms with Crippen molar-refractivity contribution in [3.63, 3.8) is 0 Å². The molecule has 1 aromatic heterocycles. The molecule has 1 heterocycles. The van der Waals surface area contributed by atoms with Crippen LogP contribution in [0.15, 0.2) is 48.5 Å². The monoisotopic (exact) mass is 329 g/mol. The maximum atomic E-state index is 13.7. The molecule has 0 aliphatic heterocycles. The summed E-state index contributed by atoms with van der Waals surface area (Å²) in [6.45, 7) is 1.82. The Kier molecular flexibility index (Phi) is 4.12. The average molecular weight is 330 g/mol. The van der Waals surface area contributed by atoms with E-state index in [1.54, 1.807) is 30.3 Å². The number of hydrogen-bond acceptors (Lipinski definition) is 2. The molecule has 23 heavy (non-hydrogen) atoms. The molecule has 116 valence electrons. The minimum absolute atomic E-state index is 0.129. The van der Waals surface area contributed by atoms with Crippen LogP contribution in [0.1, 0.15) is 16.1 Å². The molecule has 0 unspecified atom stereocenters. The number of nitrogens with zero attached hydrogens (tertiary/aromatic N) is 1. The molecule has 2 N–H and O–H groups in total.